The summed E-state index contributed by atoms with van der Waals surface area (Å²) in [7, 11) is 0. The molecule has 2 aromatic carbocycles. The Labute approximate surface area is 156 Å². The van der Waals surface area contributed by atoms with Crippen LogP contribution in [-0.2, 0) is 0 Å². The molecule has 1 aliphatic rings. The minimum absolute atomic E-state index is 0.0440. The molecule has 2 aromatic rings. The molecule has 27 heavy (non-hydrogen) atoms. The summed E-state index contributed by atoms with van der Waals surface area (Å²) in [5.41, 5.74) is 3.03. The van der Waals surface area contributed by atoms with E-state index in [2.05, 4.69) is 10.2 Å². The second-order valence-corrected chi connectivity index (χ2v) is 6.13. The van der Waals surface area contributed by atoms with Gasteiger partial charge < -0.3 is 15.1 Å². The summed E-state index contributed by atoms with van der Waals surface area (Å²) in [5, 5.41) is 45.1. The molecule has 0 spiro atoms. The number of benzene rings is 2. The van der Waals surface area contributed by atoms with Crippen LogP contribution in [-0.4, -0.2) is 35.5 Å². The van der Waals surface area contributed by atoms with Crippen LogP contribution < -0.4 is 4.90 Å². The van der Waals surface area contributed by atoms with Gasteiger partial charge in [0.2, 0.25) is 0 Å². The van der Waals surface area contributed by atoms with E-state index in [-0.39, 0.29) is 5.57 Å². The highest BCUT2D eigenvalue weighted by molar-refractivity contribution is 5.63. The van der Waals surface area contributed by atoms with Gasteiger partial charge in [-0.1, -0.05) is 12.1 Å². The van der Waals surface area contributed by atoms with E-state index in [4.69, 9.17) is 10.5 Å². The summed E-state index contributed by atoms with van der Waals surface area (Å²) in [5.74, 6) is 0. The predicted octanol–water partition coefficient (Wildman–Crippen LogP) is 3.07. The van der Waals surface area contributed by atoms with E-state index in [1.165, 1.54) is 6.08 Å². The molecular formula is C20H17N5O2. The standard InChI is InChI=1S/C20H17N5O2/c21-10-15(11-22)9-14-1-3-16(4-2-14)23-24-17-5-7-18(8-6-17)25-12-19(26)20(27)13-25/h1-9,19-20,26-27H,12-13H2. The number of rotatable bonds is 4. The highest BCUT2D eigenvalue weighted by atomic mass is 16.3. The Morgan fingerprint density at radius 1 is 0.889 bits per heavy atom. The second-order valence-electron chi connectivity index (χ2n) is 6.13. The van der Waals surface area contributed by atoms with E-state index in [0.717, 1.165) is 11.3 Å². The van der Waals surface area contributed by atoms with Crippen molar-refractivity contribution in [2.75, 3.05) is 18.0 Å². The van der Waals surface area contributed by atoms with Gasteiger partial charge in [0.25, 0.3) is 0 Å². The molecule has 7 heteroatoms. The largest absolute Gasteiger partial charge is 0.389 e. The van der Waals surface area contributed by atoms with Crippen LogP contribution in [0, 0.1) is 22.7 Å². The van der Waals surface area contributed by atoms with Crippen molar-refractivity contribution in [1.82, 2.24) is 0 Å². The Bertz CT molecular complexity index is 910. The minimum atomic E-state index is -0.723. The van der Waals surface area contributed by atoms with E-state index in [0.29, 0.717) is 24.5 Å². The zero-order valence-corrected chi connectivity index (χ0v) is 14.4. The molecule has 3 rings (SSSR count). The maximum Gasteiger partial charge on any atom is 0.130 e. The van der Waals surface area contributed by atoms with Crippen molar-refractivity contribution in [3.63, 3.8) is 0 Å². The first-order valence-electron chi connectivity index (χ1n) is 8.34. The van der Waals surface area contributed by atoms with E-state index < -0.39 is 12.2 Å². The number of nitriles is 2. The number of hydrogen-bond donors (Lipinski definition) is 2. The van der Waals surface area contributed by atoms with Crippen molar-refractivity contribution in [3.8, 4) is 12.1 Å². The highest BCUT2D eigenvalue weighted by Crippen LogP contribution is 2.25. The van der Waals surface area contributed by atoms with E-state index in [1.807, 2.05) is 41.3 Å². The third kappa shape index (κ3) is 4.56. The van der Waals surface area contributed by atoms with Gasteiger partial charge >= 0.3 is 0 Å². The second kappa shape index (κ2) is 8.24. The van der Waals surface area contributed by atoms with Gasteiger partial charge in [0.1, 0.15) is 17.7 Å². The molecule has 134 valence electrons. The number of anilines is 1. The fraction of sp³-hybridized carbons (Fsp3) is 0.200. The van der Waals surface area contributed by atoms with Crippen LogP contribution in [0.4, 0.5) is 17.1 Å². The summed E-state index contributed by atoms with van der Waals surface area (Å²) in [6.07, 6.45) is 0.0606. The Balaban J connectivity index is 1.65. The maximum atomic E-state index is 9.63. The first-order chi connectivity index (χ1) is 13.1. The molecule has 2 atom stereocenters. The van der Waals surface area contributed by atoms with Gasteiger partial charge in [-0.25, -0.2) is 0 Å². The molecule has 0 amide bonds. The summed E-state index contributed by atoms with van der Waals surface area (Å²) < 4.78 is 0. The lowest BCUT2D eigenvalue weighted by Crippen LogP contribution is -2.22. The molecule has 1 saturated heterocycles. The third-order valence-electron chi connectivity index (χ3n) is 4.20. The zero-order valence-electron chi connectivity index (χ0n) is 14.4. The van der Waals surface area contributed by atoms with Crippen LogP contribution in [0.1, 0.15) is 5.56 Å². The smallest absolute Gasteiger partial charge is 0.130 e. The molecule has 0 aliphatic carbocycles. The lowest BCUT2D eigenvalue weighted by atomic mass is 10.1. The van der Waals surface area contributed by atoms with Crippen molar-refractivity contribution < 1.29 is 10.2 Å². The summed E-state index contributed by atoms with van der Waals surface area (Å²) in [6.45, 7) is 0.810. The van der Waals surface area contributed by atoms with Gasteiger partial charge in [-0.15, -0.1) is 0 Å². The fourth-order valence-corrected chi connectivity index (χ4v) is 2.72. The number of β-amino-alcohol motifs (C(OH)–C–C–N with tert-alkyl or cyclic N) is 2. The topological polar surface area (TPSA) is 116 Å². The molecule has 2 N–H and O–H groups in total. The SMILES string of the molecule is N#CC(C#N)=Cc1ccc(N=Nc2ccc(N3CC(O)C(O)C3)cc2)cc1. The number of azo groups is 1. The van der Waals surface area contributed by atoms with Crippen molar-refractivity contribution in [2.24, 2.45) is 10.2 Å². The third-order valence-corrected chi connectivity index (χ3v) is 4.20. The predicted molar refractivity (Wildman–Crippen MR) is 100 cm³/mol. The van der Waals surface area contributed by atoms with Crippen molar-refractivity contribution in [2.45, 2.75) is 12.2 Å². The number of hydrogen-bond acceptors (Lipinski definition) is 7. The lowest BCUT2D eigenvalue weighted by Gasteiger charge is -2.17. The summed E-state index contributed by atoms with van der Waals surface area (Å²) >= 11 is 0. The first kappa shape index (κ1) is 18.3. The molecule has 7 nitrogen and oxygen atoms in total. The molecule has 0 saturated carbocycles. The molecule has 1 heterocycles. The number of aliphatic hydroxyl groups excluding tert-OH is 2. The van der Waals surface area contributed by atoms with Crippen LogP contribution in [0.3, 0.4) is 0 Å². The molecule has 1 fully saturated rings. The quantitative estimate of drug-likeness (QED) is 0.643. The average Bonchev–Trinajstić information content (AvgIpc) is 3.04. The Morgan fingerprint density at radius 2 is 1.37 bits per heavy atom. The molecule has 0 aromatic heterocycles. The Morgan fingerprint density at radius 3 is 1.85 bits per heavy atom. The Kier molecular flexibility index (Phi) is 5.58. The number of aliphatic hydroxyl groups is 2. The minimum Gasteiger partial charge on any atom is -0.389 e. The van der Waals surface area contributed by atoms with Gasteiger partial charge in [-0.2, -0.15) is 20.8 Å². The van der Waals surface area contributed by atoms with Gasteiger partial charge in [-0.05, 0) is 48.0 Å². The van der Waals surface area contributed by atoms with Crippen LogP contribution in [0.2, 0.25) is 0 Å². The lowest BCUT2D eigenvalue weighted by molar-refractivity contribution is 0.0572. The van der Waals surface area contributed by atoms with E-state index in [9.17, 15) is 10.2 Å². The molecule has 1 aliphatic heterocycles. The Hall–Kier alpha value is -3.52. The van der Waals surface area contributed by atoms with Gasteiger partial charge in [0, 0.05) is 18.8 Å². The molecule has 0 radical (unpaired) electrons. The van der Waals surface area contributed by atoms with Gasteiger partial charge in [0.05, 0.1) is 23.6 Å². The van der Waals surface area contributed by atoms with E-state index >= 15 is 0 Å². The number of nitrogens with zero attached hydrogens (tertiary/aromatic N) is 5. The van der Waals surface area contributed by atoms with Crippen LogP contribution in [0.25, 0.3) is 6.08 Å². The van der Waals surface area contributed by atoms with Gasteiger partial charge in [0.15, 0.2) is 0 Å². The normalized spacial score (nSPS) is 18.9. The van der Waals surface area contributed by atoms with Crippen LogP contribution in [0.15, 0.2) is 64.3 Å². The maximum absolute atomic E-state index is 9.63. The highest BCUT2D eigenvalue weighted by Gasteiger charge is 2.29. The van der Waals surface area contributed by atoms with Crippen LogP contribution in [0.5, 0.6) is 0 Å². The monoisotopic (exact) mass is 359 g/mol. The van der Waals surface area contributed by atoms with Crippen molar-refractivity contribution in [3.05, 3.63) is 59.7 Å². The van der Waals surface area contributed by atoms with Crippen LogP contribution >= 0.6 is 0 Å². The average molecular weight is 359 g/mol. The first-order valence-corrected chi connectivity index (χ1v) is 8.34. The summed E-state index contributed by atoms with van der Waals surface area (Å²) in [4.78, 5) is 1.92. The van der Waals surface area contributed by atoms with Crippen molar-refractivity contribution in [1.29, 1.82) is 10.5 Å². The molecular weight excluding hydrogens is 342 g/mol. The van der Waals surface area contributed by atoms with E-state index in [1.54, 1.807) is 24.3 Å². The zero-order chi connectivity index (χ0) is 19.2. The van der Waals surface area contributed by atoms with Crippen molar-refractivity contribution >= 4 is 23.1 Å². The summed E-state index contributed by atoms with van der Waals surface area (Å²) in [6, 6.07) is 18.0. The fourth-order valence-electron chi connectivity index (χ4n) is 2.72. The molecule has 0 bridgehead atoms. The number of allylic oxidation sites excluding steroid dienone is 1. The molecule has 2 unspecified atom stereocenters. The van der Waals surface area contributed by atoms with Gasteiger partial charge in [-0.3, -0.25) is 0 Å².